The summed E-state index contributed by atoms with van der Waals surface area (Å²) in [4.78, 5) is 4.59. The Labute approximate surface area is 118 Å². The normalized spacial score (nSPS) is 19.6. The fourth-order valence-electron chi connectivity index (χ4n) is 2.06. The first kappa shape index (κ1) is 15.5. The molecule has 1 heterocycles. The molecule has 0 radical (unpaired) electrons. The van der Waals surface area contributed by atoms with Crippen molar-refractivity contribution in [3.05, 3.63) is 35.9 Å². The van der Waals surface area contributed by atoms with Gasteiger partial charge in [0.1, 0.15) is 6.04 Å². The molecular weight excluding hydrogens is 293 g/mol. The number of nitrogens with one attached hydrogen (secondary N) is 1. The standard InChI is InChI=1S/C13H14F5N3/c1-21-10(12(14,15)13(16,17)18)8-20-11(21)19-7-9-5-3-2-4-6-9/h2-6,10H,7-8H2,1H3,(H,19,20). The second-order valence-electron chi connectivity index (χ2n) is 4.75. The van der Waals surface area contributed by atoms with Crippen LogP contribution in [0.15, 0.2) is 35.3 Å². The van der Waals surface area contributed by atoms with Crippen molar-refractivity contribution in [1.82, 2.24) is 10.2 Å². The maximum atomic E-state index is 13.4. The fourth-order valence-corrected chi connectivity index (χ4v) is 2.06. The minimum atomic E-state index is -5.59. The van der Waals surface area contributed by atoms with Gasteiger partial charge in [0.2, 0.25) is 0 Å². The molecule has 8 heteroatoms. The van der Waals surface area contributed by atoms with Crippen molar-refractivity contribution in [2.75, 3.05) is 13.6 Å². The Balaban J connectivity index is 2.00. The first-order valence-corrected chi connectivity index (χ1v) is 6.23. The molecule has 0 amide bonds. The van der Waals surface area contributed by atoms with Gasteiger partial charge < -0.3 is 10.2 Å². The molecule has 0 saturated heterocycles. The molecule has 0 aromatic heterocycles. The zero-order valence-electron chi connectivity index (χ0n) is 11.2. The van der Waals surface area contributed by atoms with Crippen molar-refractivity contribution in [3.8, 4) is 0 Å². The highest BCUT2D eigenvalue weighted by Crippen LogP contribution is 2.40. The molecular formula is C13H14F5N3. The number of guanidine groups is 1. The van der Waals surface area contributed by atoms with E-state index in [2.05, 4.69) is 10.3 Å². The van der Waals surface area contributed by atoms with Crippen LogP contribution in [0.4, 0.5) is 22.0 Å². The Morgan fingerprint density at radius 2 is 1.81 bits per heavy atom. The number of likely N-dealkylation sites (N-methyl/N-ethyl adjacent to an activating group) is 1. The molecule has 0 bridgehead atoms. The Bertz CT molecular complexity index is 512. The summed E-state index contributed by atoms with van der Waals surface area (Å²) >= 11 is 0. The molecule has 21 heavy (non-hydrogen) atoms. The fraction of sp³-hybridized carbons (Fsp3) is 0.462. The molecule has 0 saturated carbocycles. The number of hydrogen-bond donors (Lipinski definition) is 1. The molecule has 1 aromatic rings. The molecule has 1 aliphatic heterocycles. The molecule has 1 unspecified atom stereocenters. The van der Waals surface area contributed by atoms with Gasteiger partial charge in [0, 0.05) is 13.6 Å². The quantitative estimate of drug-likeness (QED) is 0.869. The van der Waals surface area contributed by atoms with E-state index < -0.39 is 24.7 Å². The Morgan fingerprint density at radius 1 is 1.19 bits per heavy atom. The third-order valence-corrected chi connectivity index (χ3v) is 3.31. The molecule has 0 fully saturated rings. The van der Waals surface area contributed by atoms with Crippen LogP contribution in [-0.4, -0.2) is 42.6 Å². The second kappa shape index (κ2) is 5.50. The molecule has 1 aliphatic rings. The third kappa shape index (κ3) is 3.08. The van der Waals surface area contributed by atoms with Crippen LogP contribution in [0, 0.1) is 0 Å². The van der Waals surface area contributed by atoms with E-state index in [1.165, 1.54) is 7.05 Å². The molecule has 1 aromatic carbocycles. The summed E-state index contributed by atoms with van der Waals surface area (Å²) in [5.41, 5.74) is 0.875. The van der Waals surface area contributed by atoms with Crippen LogP contribution in [0.1, 0.15) is 5.56 Å². The Kier molecular flexibility index (Phi) is 4.06. The molecule has 2 rings (SSSR count). The first-order valence-electron chi connectivity index (χ1n) is 6.23. The Morgan fingerprint density at radius 3 is 2.38 bits per heavy atom. The highest BCUT2D eigenvalue weighted by Gasteiger charge is 2.64. The van der Waals surface area contributed by atoms with E-state index in [9.17, 15) is 22.0 Å². The smallest absolute Gasteiger partial charge is 0.352 e. The number of rotatable bonds is 3. The van der Waals surface area contributed by atoms with Crippen molar-refractivity contribution in [2.24, 2.45) is 4.99 Å². The van der Waals surface area contributed by atoms with Gasteiger partial charge in [-0.25, -0.2) is 0 Å². The minimum Gasteiger partial charge on any atom is -0.352 e. The van der Waals surface area contributed by atoms with Gasteiger partial charge in [0.15, 0.2) is 5.96 Å². The lowest BCUT2D eigenvalue weighted by molar-refractivity contribution is -0.296. The summed E-state index contributed by atoms with van der Waals surface area (Å²) in [6.45, 7) is -0.297. The lowest BCUT2D eigenvalue weighted by atomic mass is 10.1. The summed E-state index contributed by atoms with van der Waals surface area (Å²) in [5.74, 6) is -4.77. The van der Waals surface area contributed by atoms with Crippen LogP contribution in [0.3, 0.4) is 0 Å². The van der Waals surface area contributed by atoms with Crippen LogP contribution in [0.2, 0.25) is 0 Å². The van der Waals surface area contributed by atoms with Gasteiger partial charge in [-0.15, -0.1) is 0 Å². The zero-order valence-corrected chi connectivity index (χ0v) is 11.2. The molecule has 0 aliphatic carbocycles. The van der Waals surface area contributed by atoms with Gasteiger partial charge in [-0.3, -0.25) is 4.99 Å². The number of halogens is 5. The number of hydrogen-bond acceptors (Lipinski definition) is 3. The minimum absolute atomic E-state index is 0.0350. The van der Waals surface area contributed by atoms with Gasteiger partial charge >= 0.3 is 12.1 Å². The largest absolute Gasteiger partial charge is 0.455 e. The van der Waals surface area contributed by atoms with Gasteiger partial charge in [0.05, 0.1) is 6.54 Å². The second-order valence-corrected chi connectivity index (χ2v) is 4.75. The number of alkyl halides is 5. The van der Waals surface area contributed by atoms with Gasteiger partial charge in [0.25, 0.3) is 0 Å². The maximum absolute atomic E-state index is 13.4. The lowest BCUT2D eigenvalue weighted by Gasteiger charge is -2.31. The summed E-state index contributed by atoms with van der Waals surface area (Å²) in [7, 11) is 1.17. The van der Waals surface area contributed by atoms with Crippen LogP contribution >= 0.6 is 0 Å². The summed E-state index contributed by atoms with van der Waals surface area (Å²) < 4.78 is 63.9. The van der Waals surface area contributed by atoms with Crippen LogP contribution < -0.4 is 5.32 Å². The predicted molar refractivity (Wildman–Crippen MR) is 68.1 cm³/mol. The topological polar surface area (TPSA) is 27.6 Å². The monoisotopic (exact) mass is 307 g/mol. The first-order chi connectivity index (χ1) is 9.73. The zero-order chi connectivity index (χ0) is 15.7. The maximum Gasteiger partial charge on any atom is 0.455 e. The van der Waals surface area contributed by atoms with Crippen molar-refractivity contribution in [2.45, 2.75) is 24.7 Å². The van der Waals surface area contributed by atoms with Crippen molar-refractivity contribution < 1.29 is 22.0 Å². The van der Waals surface area contributed by atoms with E-state index >= 15 is 0 Å². The van der Waals surface area contributed by atoms with E-state index in [1.54, 1.807) is 12.1 Å². The summed E-state index contributed by atoms with van der Waals surface area (Å²) in [6.07, 6.45) is -5.59. The molecule has 116 valence electrons. The number of benzene rings is 1. The van der Waals surface area contributed by atoms with Crippen LogP contribution in [0.25, 0.3) is 0 Å². The van der Waals surface area contributed by atoms with E-state index in [0.29, 0.717) is 6.54 Å². The predicted octanol–water partition coefficient (Wildman–Crippen LogP) is 2.64. The number of nitrogens with zero attached hydrogens (tertiary/aromatic N) is 2. The van der Waals surface area contributed by atoms with E-state index in [4.69, 9.17) is 0 Å². The molecule has 0 spiro atoms. The molecule has 1 atom stereocenters. The van der Waals surface area contributed by atoms with Crippen molar-refractivity contribution in [3.63, 3.8) is 0 Å². The average Bonchev–Trinajstić information content (AvgIpc) is 2.78. The third-order valence-electron chi connectivity index (χ3n) is 3.31. The highest BCUT2D eigenvalue weighted by atomic mass is 19.4. The van der Waals surface area contributed by atoms with E-state index in [0.717, 1.165) is 10.5 Å². The van der Waals surface area contributed by atoms with Gasteiger partial charge in [-0.2, -0.15) is 22.0 Å². The Hall–Kier alpha value is -1.86. The van der Waals surface area contributed by atoms with E-state index in [-0.39, 0.29) is 5.96 Å². The SMILES string of the molecule is CN1C(NCc2ccccc2)=NCC1C(F)(F)C(F)(F)F. The number of aliphatic imine (C=N–C) groups is 1. The summed E-state index contributed by atoms with van der Waals surface area (Å²) in [6, 6.07) is 7.03. The lowest BCUT2D eigenvalue weighted by Crippen LogP contribution is -2.56. The highest BCUT2D eigenvalue weighted by molar-refractivity contribution is 5.81. The summed E-state index contributed by atoms with van der Waals surface area (Å²) in [5, 5.41) is 2.78. The van der Waals surface area contributed by atoms with Crippen molar-refractivity contribution >= 4 is 5.96 Å². The average molecular weight is 307 g/mol. The molecule has 1 N–H and O–H groups in total. The van der Waals surface area contributed by atoms with Crippen molar-refractivity contribution in [1.29, 1.82) is 0 Å². The van der Waals surface area contributed by atoms with E-state index in [1.807, 2.05) is 18.2 Å². The van der Waals surface area contributed by atoms with Crippen LogP contribution in [0.5, 0.6) is 0 Å². The van der Waals surface area contributed by atoms with Crippen LogP contribution in [-0.2, 0) is 6.54 Å². The van der Waals surface area contributed by atoms with Gasteiger partial charge in [-0.1, -0.05) is 30.3 Å². The molecule has 3 nitrogen and oxygen atoms in total. The van der Waals surface area contributed by atoms with Gasteiger partial charge in [-0.05, 0) is 5.56 Å².